The van der Waals surface area contributed by atoms with Crippen molar-refractivity contribution >= 4 is 22.8 Å². The number of benzene rings is 3. The predicted octanol–water partition coefficient (Wildman–Crippen LogP) is 3.07. The predicted molar refractivity (Wildman–Crippen MR) is 116 cm³/mol. The molecule has 30 heavy (non-hydrogen) atoms. The van der Waals surface area contributed by atoms with Gasteiger partial charge in [0.15, 0.2) is 5.78 Å². The van der Waals surface area contributed by atoms with E-state index in [2.05, 4.69) is 5.32 Å². The quantitative estimate of drug-likeness (QED) is 0.471. The van der Waals surface area contributed by atoms with Gasteiger partial charge in [0.1, 0.15) is 18.5 Å². The van der Waals surface area contributed by atoms with Crippen LogP contribution in [0.3, 0.4) is 0 Å². The van der Waals surface area contributed by atoms with Gasteiger partial charge in [-0.25, -0.2) is 0 Å². The van der Waals surface area contributed by atoms with Crippen LogP contribution in [0.5, 0.6) is 5.75 Å². The summed E-state index contributed by atoms with van der Waals surface area (Å²) >= 11 is 0. The zero-order valence-electron chi connectivity index (χ0n) is 16.5. The number of carbonyl (C=O) groups excluding carboxylic acids is 1. The molecule has 0 saturated carbocycles. The first kappa shape index (κ1) is 19.9. The summed E-state index contributed by atoms with van der Waals surface area (Å²) in [5, 5.41) is 21.7. The fraction of sp³-hybridized carbons (Fsp3) is 0.208. The Hall–Kier alpha value is -3.35. The van der Waals surface area contributed by atoms with Crippen LogP contribution in [-0.4, -0.2) is 35.3 Å². The highest BCUT2D eigenvalue weighted by Crippen LogP contribution is 2.30. The number of ether oxygens (including phenoxy) is 1. The van der Waals surface area contributed by atoms with Crippen LogP contribution in [0.15, 0.2) is 60.7 Å². The van der Waals surface area contributed by atoms with Crippen molar-refractivity contribution in [2.75, 3.05) is 24.3 Å². The molecule has 0 bridgehead atoms. The maximum absolute atomic E-state index is 13.2. The Morgan fingerprint density at radius 2 is 1.80 bits per heavy atom. The number of hydrogen-bond acceptors (Lipinski definition) is 6. The Labute approximate surface area is 174 Å². The van der Waals surface area contributed by atoms with Crippen molar-refractivity contribution in [3.8, 4) is 5.75 Å². The van der Waals surface area contributed by atoms with E-state index >= 15 is 0 Å². The number of fused-ring (bicyclic) bond motifs is 2. The van der Waals surface area contributed by atoms with Crippen molar-refractivity contribution in [1.29, 1.82) is 0 Å². The summed E-state index contributed by atoms with van der Waals surface area (Å²) < 4.78 is 5.51. The molecule has 4 rings (SSSR count). The summed E-state index contributed by atoms with van der Waals surface area (Å²) in [6, 6.07) is 18.7. The molecule has 6 nitrogen and oxygen atoms in total. The van der Waals surface area contributed by atoms with E-state index in [-0.39, 0.29) is 19.0 Å². The van der Waals surface area contributed by atoms with Crippen LogP contribution in [0.2, 0.25) is 0 Å². The van der Waals surface area contributed by atoms with Gasteiger partial charge in [-0.2, -0.15) is 0 Å². The highest BCUT2D eigenvalue weighted by atomic mass is 16.5. The Morgan fingerprint density at radius 3 is 2.60 bits per heavy atom. The van der Waals surface area contributed by atoms with Gasteiger partial charge < -0.3 is 26.0 Å². The van der Waals surface area contributed by atoms with Crippen molar-refractivity contribution in [1.82, 2.24) is 0 Å². The largest absolute Gasteiger partial charge is 0.491 e. The van der Waals surface area contributed by atoms with Gasteiger partial charge in [-0.1, -0.05) is 18.2 Å². The van der Waals surface area contributed by atoms with Crippen molar-refractivity contribution in [3.63, 3.8) is 0 Å². The average Bonchev–Trinajstić information content (AvgIpc) is 2.90. The van der Waals surface area contributed by atoms with E-state index < -0.39 is 6.10 Å². The second-order valence-electron chi connectivity index (χ2n) is 7.38. The van der Waals surface area contributed by atoms with Crippen LogP contribution in [-0.2, 0) is 12.8 Å². The first-order chi connectivity index (χ1) is 14.5. The molecule has 3 aromatic rings. The van der Waals surface area contributed by atoms with Crippen molar-refractivity contribution in [2.45, 2.75) is 18.9 Å². The fourth-order valence-corrected chi connectivity index (χ4v) is 3.60. The van der Waals surface area contributed by atoms with Crippen LogP contribution in [0, 0.1) is 0 Å². The fourth-order valence-electron chi connectivity index (χ4n) is 3.60. The summed E-state index contributed by atoms with van der Waals surface area (Å²) in [6.45, 7) is -0.403. The van der Waals surface area contributed by atoms with Gasteiger partial charge in [0.25, 0.3) is 0 Å². The molecule has 0 amide bonds. The van der Waals surface area contributed by atoms with Gasteiger partial charge in [-0.15, -0.1) is 0 Å². The monoisotopic (exact) mass is 404 g/mol. The molecule has 0 heterocycles. The second-order valence-corrected chi connectivity index (χ2v) is 7.38. The number of para-hydroxylation sites is 2. The number of aryl methyl sites for hydroxylation is 2. The smallest absolute Gasteiger partial charge is 0.193 e. The van der Waals surface area contributed by atoms with Crippen LogP contribution < -0.4 is 15.8 Å². The summed E-state index contributed by atoms with van der Waals surface area (Å²) in [4.78, 5) is 13.2. The highest BCUT2D eigenvalue weighted by Gasteiger charge is 2.22. The molecule has 1 aliphatic rings. The van der Waals surface area contributed by atoms with Crippen LogP contribution >= 0.6 is 0 Å². The van der Waals surface area contributed by atoms with E-state index in [4.69, 9.17) is 15.6 Å². The van der Waals surface area contributed by atoms with Gasteiger partial charge in [0.05, 0.1) is 18.0 Å². The van der Waals surface area contributed by atoms with Gasteiger partial charge in [-0.05, 0) is 66.4 Å². The van der Waals surface area contributed by atoms with Crippen LogP contribution in [0.4, 0.5) is 17.1 Å². The summed E-state index contributed by atoms with van der Waals surface area (Å²) in [5.41, 5.74) is 11.6. The maximum atomic E-state index is 13.2. The molecule has 0 aromatic heterocycles. The van der Waals surface area contributed by atoms with E-state index in [0.717, 1.165) is 35.3 Å². The lowest BCUT2D eigenvalue weighted by Gasteiger charge is -2.13. The van der Waals surface area contributed by atoms with Crippen LogP contribution in [0.1, 0.15) is 27.0 Å². The minimum atomic E-state index is -0.954. The SMILES string of the molecule is Nc1ccccc1Nc1ccc2c(c1)CCc1ccc(OCC(O)CO)cc1C2=O. The first-order valence-corrected chi connectivity index (χ1v) is 9.89. The molecule has 0 fully saturated rings. The molecule has 3 aromatic carbocycles. The number of nitrogen functional groups attached to an aromatic ring is 1. The third-order valence-electron chi connectivity index (χ3n) is 5.23. The van der Waals surface area contributed by atoms with Crippen LogP contribution in [0.25, 0.3) is 0 Å². The lowest BCUT2D eigenvalue weighted by atomic mass is 9.98. The lowest BCUT2D eigenvalue weighted by Crippen LogP contribution is -2.21. The Morgan fingerprint density at radius 1 is 1.00 bits per heavy atom. The average molecular weight is 404 g/mol. The van der Waals surface area contributed by atoms with Gasteiger partial charge in [0.2, 0.25) is 0 Å². The first-order valence-electron chi connectivity index (χ1n) is 9.89. The molecule has 6 heteroatoms. The molecule has 0 saturated heterocycles. The summed E-state index contributed by atoms with van der Waals surface area (Å²) in [7, 11) is 0. The molecule has 1 aliphatic carbocycles. The number of anilines is 3. The number of nitrogens with one attached hydrogen (secondary N) is 1. The molecule has 0 aliphatic heterocycles. The molecule has 0 spiro atoms. The van der Waals surface area contributed by atoms with Crippen molar-refractivity contribution < 1.29 is 19.7 Å². The number of hydrogen-bond donors (Lipinski definition) is 4. The number of rotatable bonds is 6. The molecule has 0 radical (unpaired) electrons. The van der Waals surface area contributed by atoms with E-state index in [1.807, 2.05) is 48.5 Å². The van der Waals surface area contributed by atoms with E-state index in [1.54, 1.807) is 12.1 Å². The summed E-state index contributed by atoms with van der Waals surface area (Å²) in [5.74, 6) is 0.451. The lowest BCUT2D eigenvalue weighted by molar-refractivity contribution is 0.0536. The Balaban J connectivity index is 1.59. The van der Waals surface area contributed by atoms with E-state index in [0.29, 0.717) is 22.6 Å². The molecule has 5 N–H and O–H groups in total. The Bertz CT molecular complexity index is 1080. The molecule has 154 valence electrons. The Kier molecular flexibility index (Phi) is 5.70. The highest BCUT2D eigenvalue weighted by molar-refractivity contribution is 6.11. The minimum Gasteiger partial charge on any atom is -0.491 e. The minimum absolute atomic E-state index is 0.0300. The van der Waals surface area contributed by atoms with E-state index in [1.165, 1.54) is 0 Å². The number of aliphatic hydroxyl groups is 2. The second kappa shape index (κ2) is 8.57. The number of carbonyl (C=O) groups is 1. The molecule has 1 atom stereocenters. The van der Waals surface area contributed by atoms with E-state index in [9.17, 15) is 9.90 Å². The zero-order chi connectivity index (χ0) is 21.1. The standard InChI is InChI=1S/C24H24N2O4/c25-22-3-1-2-4-23(22)26-17-8-10-20-16(11-17)6-5-15-7-9-19(12-21(15)24(20)29)30-14-18(28)13-27/h1-4,7-12,18,26-28H,5-6,13-14,25H2. The molecular formula is C24H24N2O4. The molecule has 1 unspecified atom stereocenters. The number of aliphatic hydroxyl groups excluding tert-OH is 2. The van der Waals surface area contributed by atoms with Gasteiger partial charge >= 0.3 is 0 Å². The maximum Gasteiger partial charge on any atom is 0.193 e. The normalized spacial score (nSPS) is 13.7. The zero-order valence-corrected chi connectivity index (χ0v) is 16.5. The third kappa shape index (κ3) is 4.15. The number of nitrogens with two attached hydrogens (primary N) is 1. The molecular weight excluding hydrogens is 380 g/mol. The van der Waals surface area contributed by atoms with Gasteiger partial charge in [-0.3, -0.25) is 4.79 Å². The topological polar surface area (TPSA) is 105 Å². The third-order valence-corrected chi connectivity index (χ3v) is 5.23. The van der Waals surface area contributed by atoms with Crippen molar-refractivity contribution in [2.24, 2.45) is 0 Å². The summed E-state index contributed by atoms with van der Waals surface area (Å²) in [6.07, 6.45) is 0.534. The van der Waals surface area contributed by atoms with Gasteiger partial charge in [0, 0.05) is 16.8 Å². The van der Waals surface area contributed by atoms with Crippen molar-refractivity contribution in [3.05, 3.63) is 82.9 Å². The number of ketones is 1.